The number of carbonyl (C=O) groups is 3. The third-order valence-corrected chi connectivity index (χ3v) is 11.5. The maximum Gasteiger partial charge on any atom is 0.306 e. The van der Waals surface area contributed by atoms with Crippen LogP contribution in [0.1, 0.15) is 278 Å². The standard InChI is InChI=1S/C53H98O6/c1-4-7-10-13-16-19-22-24-26-27-28-30-31-34-37-40-43-46-52(55)58-49-50(48-57-51(54)45-42-39-36-33-21-18-15-12-9-6-3)59-53(56)47-44-41-38-35-32-29-25-23-20-17-14-11-8-5-2/h8,11,17,20,50H,4-7,9-10,12-16,18-19,21-49H2,1-3H3/b11-8-,20-17-. The van der Waals surface area contributed by atoms with Crippen molar-refractivity contribution in [3.63, 3.8) is 0 Å². The molecule has 0 aromatic heterocycles. The molecule has 59 heavy (non-hydrogen) atoms. The molecule has 346 valence electrons. The van der Waals surface area contributed by atoms with Crippen LogP contribution in [0.3, 0.4) is 0 Å². The van der Waals surface area contributed by atoms with Gasteiger partial charge in [0.05, 0.1) is 0 Å². The molecule has 0 aliphatic carbocycles. The summed E-state index contributed by atoms with van der Waals surface area (Å²) < 4.78 is 16.8. The SMILES string of the molecule is CC/C=C\C/C=C\CCCCCCCCCC(=O)OC(COC(=O)CCCCCCCCCCCC)COC(=O)CCCCCCCCCCCCCCCCCCC. The first-order valence-electron chi connectivity index (χ1n) is 25.8. The molecule has 6 nitrogen and oxygen atoms in total. The number of allylic oxidation sites excluding steroid dienone is 4. The van der Waals surface area contributed by atoms with E-state index in [-0.39, 0.29) is 31.1 Å². The lowest BCUT2D eigenvalue weighted by atomic mass is 10.0. The van der Waals surface area contributed by atoms with E-state index in [1.54, 1.807) is 0 Å². The third kappa shape index (κ3) is 46.8. The van der Waals surface area contributed by atoms with Crippen molar-refractivity contribution in [1.82, 2.24) is 0 Å². The summed E-state index contributed by atoms with van der Waals surface area (Å²) in [5.41, 5.74) is 0. The van der Waals surface area contributed by atoms with Crippen molar-refractivity contribution in [2.45, 2.75) is 284 Å². The average Bonchev–Trinajstić information content (AvgIpc) is 3.23. The maximum absolute atomic E-state index is 12.8. The van der Waals surface area contributed by atoms with Crippen LogP contribution in [0.15, 0.2) is 24.3 Å². The largest absolute Gasteiger partial charge is 0.462 e. The van der Waals surface area contributed by atoms with Gasteiger partial charge in [-0.15, -0.1) is 0 Å². The fourth-order valence-corrected chi connectivity index (χ4v) is 7.60. The minimum atomic E-state index is -0.768. The second-order valence-corrected chi connectivity index (χ2v) is 17.4. The number of carbonyl (C=O) groups excluding carboxylic acids is 3. The summed E-state index contributed by atoms with van der Waals surface area (Å²) in [6.45, 7) is 6.54. The summed E-state index contributed by atoms with van der Waals surface area (Å²) in [6, 6.07) is 0. The lowest BCUT2D eigenvalue weighted by molar-refractivity contribution is -0.167. The van der Waals surface area contributed by atoms with E-state index in [1.807, 2.05) is 0 Å². The molecule has 0 amide bonds. The number of esters is 3. The molecule has 6 heteroatoms. The molecule has 0 aromatic carbocycles. The van der Waals surface area contributed by atoms with Crippen molar-refractivity contribution >= 4 is 17.9 Å². The molecule has 0 heterocycles. The zero-order valence-corrected chi connectivity index (χ0v) is 39.5. The molecule has 1 unspecified atom stereocenters. The third-order valence-electron chi connectivity index (χ3n) is 11.5. The number of ether oxygens (including phenoxy) is 3. The van der Waals surface area contributed by atoms with Gasteiger partial charge in [0.2, 0.25) is 0 Å². The predicted octanol–water partition coefficient (Wildman–Crippen LogP) is 16.8. The molecule has 0 aliphatic heterocycles. The van der Waals surface area contributed by atoms with Crippen molar-refractivity contribution < 1.29 is 28.6 Å². The first kappa shape index (κ1) is 56.9. The highest BCUT2D eigenvalue weighted by molar-refractivity contribution is 5.71. The summed E-state index contributed by atoms with van der Waals surface area (Å²) in [4.78, 5) is 37.9. The summed E-state index contributed by atoms with van der Waals surface area (Å²) in [7, 11) is 0. The van der Waals surface area contributed by atoms with Crippen molar-refractivity contribution in [1.29, 1.82) is 0 Å². The fourth-order valence-electron chi connectivity index (χ4n) is 7.60. The Morgan fingerprint density at radius 3 is 1.02 bits per heavy atom. The molecule has 0 aliphatic rings. The van der Waals surface area contributed by atoms with E-state index in [9.17, 15) is 14.4 Å². The van der Waals surface area contributed by atoms with E-state index in [1.165, 1.54) is 161 Å². The van der Waals surface area contributed by atoms with Crippen LogP contribution in [-0.2, 0) is 28.6 Å². The molecule has 0 radical (unpaired) electrons. The van der Waals surface area contributed by atoms with Gasteiger partial charge < -0.3 is 14.2 Å². The van der Waals surface area contributed by atoms with Crippen LogP contribution in [0, 0.1) is 0 Å². The molecule has 0 spiro atoms. The number of hydrogen-bond donors (Lipinski definition) is 0. The summed E-state index contributed by atoms with van der Waals surface area (Å²) >= 11 is 0. The first-order chi connectivity index (χ1) is 29.0. The van der Waals surface area contributed by atoms with Crippen LogP contribution in [0.2, 0.25) is 0 Å². The molecule has 0 aromatic rings. The van der Waals surface area contributed by atoms with Crippen molar-refractivity contribution in [2.75, 3.05) is 13.2 Å². The molecule has 1 atom stereocenters. The van der Waals surface area contributed by atoms with Crippen LogP contribution in [0.4, 0.5) is 0 Å². The lowest BCUT2D eigenvalue weighted by Gasteiger charge is -2.18. The summed E-state index contributed by atoms with van der Waals surface area (Å²) in [5.74, 6) is -0.866. The van der Waals surface area contributed by atoms with E-state index < -0.39 is 6.10 Å². The smallest absolute Gasteiger partial charge is 0.306 e. The molecule has 0 bridgehead atoms. The van der Waals surface area contributed by atoms with Crippen LogP contribution >= 0.6 is 0 Å². The Morgan fingerprint density at radius 2 is 0.661 bits per heavy atom. The van der Waals surface area contributed by atoms with Gasteiger partial charge >= 0.3 is 17.9 Å². The normalized spacial score (nSPS) is 12.1. The van der Waals surface area contributed by atoms with Crippen molar-refractivity contribution in [3.05, 3.63) is 24.3 Å². The van der Waals surface area contributed by atoms with Crippen LogP contribution in [0.25, 0.3) is 0 Å². The lowest BCUT2D eigenvalue weighted by Crippen LogP contribution is -2.30. The Hall–Kier alpha value is -2.11. The number of hydrogen-bond acceptors (Lipinski definition) is 6. The predicted molar refractivity (Wildman–Crippen MR) is 252 cm³/mol. The summed E-state index contributed by atoms with van der Waals surface area (Å²) in [5, 5.41) is 0. The Morgan fingerprint density at radius 1 is 0.356 bits per heavy atom. The Balaban J connectivity index is 4.29. The minimum absolute atomic E-state index is 0.0697. The fraction of sp³-hybridized carbons (Fsp3) is 0.868. The van der Waals surface area contributed by atoms with Crippen molar-refractivity contribution in [2.24, 2.45) is 0 Å². The minimum Gasteiger partial charge on any atom is -0.462 e. The first-order valence-corrected chi connectivity index (χ1v) is 25.8. The highest BCUT2D eigenvalue weighted by Crippen LogP contribution is 2.16. The summed E-state index contributed by atoms with van der Waals surface area (Å²) in [6.07, 6.45) is 54.5. The zero-order valence-electron chi connectivity index (χ0n) is 39.5. The molecule has 0 N–H and O–H groups in total. The van der Waals surface area contributed by atoms with E-state index in [2.05, 4.69) is 45.1 Å². The molecular weight excluding hydrogens is 733 g/mol. The average molecular weight is 831 g/mol. The Labute approximate surface area is 366 Å². The van der Waals surface area contributed by atoms with Gasteiger partial charge in [0.25, 0.3) is 0 Å². The topological polar surface area (TPSA) is 78.9 Å². The van der Waals surface area contributed by atoms with E-state index >= 15 is 0 Å². The van der Waals surface area contributed by atoms with Gasteiger partial charge in [0.1, 0.15) is 13.2 Å². The Kier molecular flexibility index (Phi) is 46.8. The second kappa shape index (κ2) is 48.6. The van der Waals surface area contributed by atoms with E-state index in [0.717, 1.165) is 77.0 Å². The number of rotatable bonds is 47. The highest BCUT2D eigenvalue weighted by Gasteiger charge is 2.19. The van der Waals surface area contributed by atoms with Gasteiger partial charge in [-0.05, 0) is 44.9 Å². The molecule has 0 saturated heterocycles. The highest BCUT2D eigenvalue weighted by atomic mass is 16.6. The van der Waals surface area contributed by atoms with Gasteiger partial charge in [-0.2, -0.15) is 0 Å². The molecule has 0 saturated carbocycles. The number of unbranched alkanes of at least 4 members (excludes halogenated alkanes) is 32. The maximum atomic E-state index is 12.8. The molecule has 0 fully saturated rings. The Bertz CT molecular complexity index is 958. The van der Waals surface area contributed by atoms with Gasteiger partial charge in [0, 0.05) is 19.3 Å². The monoisotopic (exact) mass is 831 g/mol. The zero-order chi connectivity index (χ0) is 43.0. The van der Waals surface area contributed by atoms with Gasteiger partial charge in [-0.25, -0.2) is 0 Å². The van der Waals surface area contributed by atoms with Gasteiger partial charge in [-0.1, -0.05) is 238 Å². The van der Waals surface area contributed by atoms with Crippen LogP contribution in [0.5, 0.6) is 0 Å². The molecule has 0 rings (SSSR count). The second-order valence-electron chi connectivity index (χ2n) is 17.4. The quantitative estimate of drug-likeness (QED) is 0.0263. The van der Waals surface area contributed by atoms with Gasteiger partial charge in [0.15, 0.2) is 6.10 Å². The van der Waals surface area contributed by atoms with Crippen LogP contribution < -0.4 is 0 Å². The van der Waals surface area contributed by atoms with Crippen molar-refractivity contribution in [3.8, 4) is 0 Å². The van der Waals surface area contributed by atoms with E-state index in [0.29, 0.717) is 19.3 Å². The van der Waals surface area contributed by atoms with Gasteiger partial charge in [-0.3, -0.25) is 14.4 Å². The van der Waals surface area contributed by atoms with E-state index in [4.69, 9.17) is 14.2 Å². The molecular formula is C53H98O6. The van der Waals surface area contributed by atoms with Crippen LogP contribution in [-0.4, -0.2) is 37.2 Å².